The van der Waals surface area contributed by atoms with Gasteiger partial charge in [-0.2, -0.15) is 0 Å². The lowest BCUT2D eigenvalue weighted by Gasteiger charge is -2.02. The van der Waals surface area contributed by atoms with E-state index in [0.717, 1.165) is 12.0 Å². The SMILES string of the molecule is CC.CC.CCc1ccc(OC)c(F)c1. The highest BCUT2D eigenvalue weighted by atomic mass is 19.1. The Morgan fingerprint density at radius 3 is 2.00 bits per heavy atom. The smallest absolute Gasteiger partial charge is 0.165 e. The maximum absolute atomic E-state index is 12.9. The zero-order valence-corrected chi connectivity index (χ0v) is 10.7. The van der Waals surface area contributed by atoms with E-state index in [1.807, 2.05) is 40.7 Å². The molecule has 0 spiro atoms. The van der Waals surface area contributed by atoms with Crippen LogP contribution in [-0.2, 0) is 6.42 Å². The number of benzene rings is 1. The molecule has 1 rings (SSSR count). The Kier molecular flexibility index (Phi) is 12.0. The maximum atomic E-state index is 12.9. The summed E-state index contributed by atoms with van der Waals surface area (Å²) in [7, 11) is 1.46. The average molecular weight is 214 g/mol. The van der Waals surface area contributed by atoms with Crippen molar-refractivity contribution in [3.63, 3.8) is 0 Å². The maximum Gasteiger partial charge on any atom is 0.165 e. The molecule has 0 atom stereocenters. The standard InChI is InChI=1S/C9H11FO.2C2H6/c1-3-7-4-5-9(11-2)8(10)6-7;2*1-2/h4-6H,3H2,1-2H3;2*1-2H3. The van der Waals surface area contributed by atoms with E-state index < -0.39 is 0 Å². The molecule has 0 amide bonds. The van der Waals surface area contributed by atoms with Crippen LogP contribution in [0.25, 0.3) is 0 Å². The summed E-state index contributed by atoms with van der Waals surface area (Å²) in [6, 6.07) is 5.01. The summed E-state index contributed by atoms with van der Waals surface area (Å²) < 4.78 is 17.7. The van der Waals surface area contributed by atoms with Gasteiger partial charge >= 0.3 is 0 Å². The summed E-state index contributed by atoms with van der Waals surface area (Å²) in [6.45, 7) is 9.99. The van der Waals surface area contributed by atoms with Gasteiger partial charge in [0.2, 0.25) is 0 Å². The van der Waals surface area contributed by atoms with E-state index in [-0.39, 0.29) is 5.82 Å². The van der Waals surface area contributed by atoms with E-state index in [2.05, 4.69) is 0 Å². The normalized spacial score (nSPS) is 7.93. The molecule has 15 heavy (non-hydrogen) atoms. The van der Waals surface area contributed by atoms with Crippen LogP contribution < -0.4 is 4.74 Å². The van der Waals surface area contributed by atoms with Crippen LogP contribution in [0.5, 0.6) is 5.75 Å². The summed E-state index contributed by atoms with van der Waals surface area (Å²) in [5.41, 5.74) is 0.989. The number of aryl methyl sites for hydroxylation is 1. The van der Waals surface area contributed by atoms with Crippen molar-refractivity contribution in [1.29, 1.82) is 0 Å². The highest BCUT2D eigenvalue weighted by Crippen LogP contribution is 2.17. The van der Waals surface area contributed by atoms with Crippen molar-refractivity contribution < 1.29 is 9.13 Å². The van der Waals surface area contributed by atoms with Gasteiger partial charge in [-0.05, 0) is 24.1 Å². The Balaban J connectivity index is 0. The number of ether oxygens (including phenoxy) is 1. The molecule has 0 aliphatic carbocycles. The molecule has 88 valence electrons. The minimum atomic E-state index is -0.285. The molecule has 0 aliphatic rings. The van der Waals surface area contributed by atoms with Crippen LogP contribution in [0.2, 0.25) is 0 Å². The summed E-state index contributed by atoms with van der Waals surface area (Å²) in [4.78, 5) is 0. The number of hydrogen-bond donors (Lipinski definition) is 0. The van der Waals surface area contributed by atoms with Gasteiger partial charge in [0.05, 0.1) is 7.11 Å². The quantitative estimate of drug-likeness (QED) is 0.706. The molecular formula is C13H23FO. The lowest BCUT2D eigenvalue weighted by molar-refractivity contribution is 0.386. The molecule has 0 fully saturated rings. The van der Waals surface area contributed by atoms with E-state index in [1.54, 1.807) is 6.07 Å². The minimum absolute atomic E-state index is 0.285. The first-order chi connectivity index (χ1) is 7.27. The Bertz CT molecular complexity index is 246. The third-order valence-electron chi connectivity index (χ3n) is 1.62. The van der Waals surface area contributed by atoms with Gasteiger partial charge in [0, 0.05) is 0 Å². The van der Waals surface area contributed by atoms with Gasteiger partial charge in [-0.3, -0.25) is 0 Å². The highest BCUT2D eigenvalue weighted by molar-refractivity contribution is 5.29. The van der Waals surface area contributed by atoms with Crippen LogP contribution >= 0.6 is 0 Å². The van der Waals surface area contributed by atoms with Gasteiger partial charge in [0.25, 0.3) is 0 Å². The molecule has 0 saturated heterocycles. The summed E-state index contributed by atoms with van der Waals surface area (Å²) in [5.74, 6) is 0.0223. The second kappa shape index (κ2) is 11.0. The van der Waals surface area contributed by atoms with Crippen molar-refractivity contribution in [1.82, 2.24) is 0 Å². The third kappa shape index (κ3) is 6.10. The fourth-order valence-corrected chi connectivity index (χ4v) is 0.930. The van der Waals surface area contributed by atoms with Gasteiger partial charge in [-0.15, -0.1) is 0 Å². The van der Waals surface area contributed by atoms with Crippen molar-refractivity contribution in [2.75, 3.05) is 7.11 Å². The molecule has 0 bridgehead atoms. The lowest BCUT2D eigenvalue weighted by Crippen LogP contribution is -1.89. The van der Waals surface area contributed by atoms with Gasteiger partial charge < -0.3 is 4.74 Å². The van der Waals surface area contributed by atoms with Gasteiger partial charge in [-0.1, -0.05) is 40.7 Å². The zero-order valence-electron chi connectivity index (χ0n) is 10.7. The fraction of sp³-hybridized carbons (Fsp3) is 0.538. The Hall–Kier alpha value is -1.05. The van der Waals surface area contributed by atoms with Crippen LogP contribution in [-0.4, -0.2) is 7.11 Å². The molecule has 0 aliphatic heterocycles. The first-order valence-corrected chi connectivity index (χ1v) is 5.60. The van der Waals surface area contributed by atoms with Crippen LogP contribution in [0.4, 0.5) is 4.39 Å². The molecule has 2 heteroatoms. The molecule has 0 radical (unpaired) electrons. The van der Waals surface area contributed by atoms with E-state index >= 15 is 0 Å². The largest absolute Gasteiger partial charge is 0.494 e. The molecule has 1 aromatic rings. The van der Waals surface area contributed by atoms with Crippen LogP contribution in [0, 0.1) is 5.82 Å². The molecular weight excluding hydrogens is 191 g/mol. The summed E-state index contributed by atoms with van der Waals surface area (Å²) in [5, 5.41) is 0. The van der Waals surface area contributed by atoms with Crippen molar-refractivity contribution in [3.8, 4) is 5.75 Å². The van der Waals surface area contributed by atoms with E-state index in [1.165, 1.54) is 13.2 Å². The number of methoxy groups -OCH3 is 1. The highest BCUT2D eigenvalue weighted by Gasteiger charge is 2.00. The van der Waals surface area contributed by atoms with E-state index in [9.17, 15) is 4.39 Å². The first-order valence-electron chi connectivity index (χ1n) is 5.60. The molecule has 1 aromatic carbocycles. The summed E-state index contributed by atoms with van der Waals surface area (Å²) >= 11 is 0. The predicted molar refractivity (Wildman–Crippen MR) is 65.0 cm³/mol. The number of hydrogen-bond acceptors (Lipinski definition) is 1. The van der Waals surface area contributed by atoms with Crippen molar-refractivity contribution in [2.45, 2.75) is 41.0 Å². The van der Waals surface area contributed by atoms with Gasteiger partial charge in [0.15, 0.2) is 11.6 Å². The van der Waals surface area contributed by atoms with Gasteiger partial charge in [0.1, 0.15) is 0 Å². The molecule has 0 heterocycles. The second-order valence-electron chi connectivity index (χ2n) is 2.32. The van der Waals surface area contributed by atoms with Crippen LogP contribution in [0.15, 0.2) is 18.2 Å². The molecule has 0 unspecified atom stereocenters. The monoisotopic (exact) mass is 214 g/mol. The van der Waals surface area contributed by atoms with Crippen LogP contribution in [0.3, 0.4) is 0 Å². The third-order valence-corrected chi connectivity index (χ3v) is 1.62. The van der Waals surface area contributed by atoms with Crippen molar-refractivity contribution in [3.05, 3.63) is 29.6 Å². The van der Waals surface area contributed by atoms with Crippen molar-refractivity contribution in [2.24, 2.45) is 0 Å². The molecule has 0 aromatic heterocycles. The molecule has 0 N–H and O–H groups in total. The number of halogens is 1. The number of rotatable bonds is 2. The fourth-order valence-electron chi connectivity index (χ4n) is 0.930. The molecule has 0 saturated carbocycles. The average Bonchev–Trinajstić information content (AvgIpc) is 2.34. The van der Waals surface area contributed by atoms with Crippen LogP contribution in [0.1, 0.15) is 40.2 Å². The first kappa shape index (κ1) is 16.4. The lowest BCUT2D eigenvalue weighted by atomic mass is 10.1. The Labute approximate surface area is 93.3 Å². The Morgan fingerprint density at radius 2 is 1.67 bits per heavy atom. The predicted octanol–water partition coefficient (Wildman–Crippen LogP) is 4.45. The molecule has 1 nitrogen and oxygen atoms in total. The van der Waals surface area contributed by atoms with E-state index in [0.29, 0.717) is 5.75 Å². The zero-order chi connectivity index (χ0) is 12.3. The topological polar surface area (TPSA) is 9.23 Å². The minimum Gasteiger partial charge on any atom is -0.494 e. The van der Waals surface area contributed by atoms with Gasteiger partial charge in [-0.25, -0.2) is 4.39 Å². The Morgan fingerprint density at radius 1 is 1.13 bits per heavy atom. The van der Waals surface area contributed by atoms with E-state index in [4.69, 9.17) is 4.74 Å². The second-order valence-corrected chi connectivity index (χ2v) is 2.32. The van der Waals surface area contributed by atoms with Crippen molar-refractivity contribution >= 4 is 0 Å². The summed E-state index contributed by atoms with van der Waals surface area (Å²) in [6.07, 6.45) is 0.848.